The molecule has 5 nitrogen and oxygen atoms in total. The molecule has 0 aliphatic heterocycles. The van der Waals surface area contributed by atoms with Crippen LogP contribution in [0.2, 0.25) is 0 Å². The number of rotatable bonds is 6. The molecule has 0 aromatic rings. The van der Waals surface area contributed by atoms with Crippen LogP contribution in [0.25, 0.3) is 0 Å². The maximum Gasteiger partial charge on any atom is 0.326 e. The van der Waals surface area contributed by atoms with Gasteiger partial charge < -0.3 is 14.6 Å². The molecular formula is C11H18O5. The standard InChI is InChI=1S/C11H18O5/c1-5-7-11(8(12)6-2,9(13)15-3)10(14)16-4/h6,8,12H,2,5,7H2,1,3-4H3. The van der Waals surface area contributed by atoms with Gasteiger partial charge >= 0.3 is 11.9 Å². The van der Waals surface area contributed by atoms with Gasteiger partial charge in [0.15, 0.2) is 5.41 Å². The van der Waals surface area contributed by atoms with E-state index < -0.39 is 23.5 Å². The Labute approximate surface area is 95.0 Å². The molecule has 1 N–H and O–H groups in total. The predicted molar refractivity (Wildman–Crippen MR) is 57.6 cm³/mol. The van der Waals surface area contributed by atoms with Gasteiger partial charge in [-0.05, 0) is 6.42 Å². The average Bonchev–Trinajstić information content (AvgIpc) is 2.32. The minimum atomic E-state index is -1.71. The van der Waals surface area contributed by atoms with E-state index in [1.807, 2.05) is 0 Å². The molecule has 0 aromatic heterocycles. The largest absolute Gasteiger partial charge is 0.468 e. The van der Waals surface area contributed by atoms with Gasteiger partial charge in [0.2, 0.25) is 0 Å². The Morgan fingerprint density at radius 1 is 1.38 bits per heavy atom. The fraction of sp³-hybridized carbons (Fsp3) is 0.636. The lowest BCUT2D eigenvalue weighted by atomic mass is 9.78. The van der Waals surface area contributed by atoms with E-state index in [-0.39, 0.29) is 6.42 Å². The van der Waals surface area contributed by atoms with E-state index in [2.05, 4.69) is 16.1 Å². The highest BCUT2D eigenvalue weighted by Crippen LogP contribution is 2.32. The lowest BCUT2D eigenvalue weighted by molar-refractivity contribution is -0.176. The Morgan fingerprint density at radius 3 is 2.06 bits per heavy atom. The first-order valence-corrected chi connectivity index (χ1v) is 4.98. The van der Waals surface area contributed by atoms with Crippen LogP contribution in [-0.4, -0.2) is 37.4 Å². The minimum absolute atomic E-state index is 0.138. The molecule has 0 fully saturated rings. The number of carbonyl (C=O) groups excluding carboxylic acids is 2. The molecule has 0 aliphatic rings. The predicted octanol–water partition coefficient (Wildman–Crippen LogP) is 0.666. The molecular weight excluding hydrogens is 212 g/mol. The number of hydrogen-bond donors (Lipinski definition) is 1. The van der Waals surface area contributed by atoms with Gasteiger partial charge in [-0.2, -0.15) is 0 Å². The normalized spacial score (nSPS) is 12.8. The van der Waals surface area contributed by atoms with Gasteiger partial charge in [-0.15, -0.1) is 6.58 Å². The van der Waals surface area contributed by atoms with Gasteiger partial charge in [0, 0.05) is 0 Å². The average molecular weight is 230 g/mol. The summed E-state index contributed by atoms with van der Waals surface area (Å²) in [6.07, 6.45) is 0.463. The molecule has 0 saturated heterocycles. The highest BCUT2D eigenvalue weighted by atomic mass is 16.5. The molecule has 0 radical (unpaired) electrons. The van der Waals surface area contributed by atoms with Crippen LogP contribution in [0.5, 0.6) is 0 Å². The Morgan fingerprint density at radius 2 is 1.81 bits per heavy atom. The van der Waals surface area contributed by atoms with Crippen LogP contribution in [0.15, 0.2) is 12.7 Å². The van der Waals surface area contributed by atoms with E-state index in [0.717, 1.165) is 20.3 Å². The summed E-state index contributed by atoms with van der Waals surface area (Å²) in [6, 6.07) is 0. The summed E-state index contributed by atoms with van der Waals surface area (Å²) in [4.78, 5) is 23.4. The van der Waals surface area contributed by atoms with E-state index in [4.69, 9.17) is 0 Å². The maximum absolute atomic E-state index is 11.7. The molecule has 0 spiro atoms. The third-order valence-corrected chi connectivity index (χ3v) is 2.47. The van der Waals surface area contributed by atoms with Crippen molar-refractivity contribution in [3.8, 4) is 0 Å². The lowest BCUT2D eigenvalue weighted by Gasteiger charge is -2.30. The van der Waals surface area contributed by atoms with Crippen LogP contribution >= 0.6 is 0 Å². The van der Waals surface area contributed by atoms with Crippen molar-refractivity contribution < 1.29 is 24.2 Å². The van der Waals surface area contributed by atoms with E-state index in [1.54, 1.807) is 6.92 Å². The summed E-state index contributed by atoms with van der Waals surface area (Å²) >= 11 is 0. The molecule has 0 heterocycles. The van der Waals surface area contributed by atoms with Crippen molar-refractivity contribution in [3.63, 3.8) is 0 Å². The van der Waals surface area contributed by atoms with Crippen LogP contribution in [0.3, 0.4) is 0 Å². The molecule has 92 valence electrons. The smallest absolute Gasteiger partial charge is 0.326 e. The second-order valence-corrected chi connectivity index (χ2v) is 3.39. The summed E-state index contributed by atoms with van der Waals surface area (Å²) in [7, 11) is 2.32. The number of hydrogen-bond acceptors (Lipinski definition) is 5. The van der Waals surface area contributed by atoms with Gasteiger partial charge in [0.1, 0.15) is 0 Å². The third kappa shape index (κ3) is 2.41. The molecule has 0 aliphatic carbocycles. The Bertz CT molecular complexity index is 256. The minimum Gasteiger partial charge on any atom is -0.468 e. The highest BCUT2D eigenvalue weighted by Gasteiger charge is 2.52. The van der Waals surface area contributed by atoms with Crippen molar-refractivity contribution in [2.45, 2.75) is 25.9 Å². The van der Waals surface area contributed by atoms with Crippen LogP contribution < -0.4 is 0 Å². The fourth-order valence-corrected chi connectivity index (χ4v) is 1.64. The van der Waals surface area contributed by atoms with E-state index in [9.17, 15) is 14.7 Å². The van der Waals surface area contributed by atoms with Gasteiger partial charge in [0.25, 0.3) is 0 Å². The lowest BCUT2D eigenvalue weighted by Crippen LogP contribution is -2.49. The fourth-order valence-electron chi connectivity index (χ4n) is 1.64. The van der Waals surface area contributed by atoms with Crippen LogP contribution in [0.1, 0.15) is 19.8 Å². The van der Waals surface area contributed by atoms with E-state index in [1.165, 1.54) is 0 Å². The van der Waals surface area contributed by atoms with Crippen molar-refractivity contribution in [3.05, 3.63) is 12.7 Å². The zero-order valence-electron chi connectivity index (χ0n) is 9.86. The summed E-state index contributed by atoms with van der Waals surface area (Å²) in [6.45, 7) is 5.16. The van der Waals surface area contributed by atoms with Crippen LogP contribution in [-0.2, 0) is 19.1 Å². The summed E-state index contributed by atoms with van der Waals surface area (Å²) in [5.74, 6) is -1.62. The van der Waals surface area contributed by atoms with Gasteiger partial charge in [-0.3, -0.25) is 9.59 Å². The molecule has 5 heteroatoms. The second-order valence-electron chi connectivity index (χ2n) is 3.39. The Hall–Kier alpha value is -1.36. The monoisotopic (exact) mass is 230 g/mol. The number of carbonyl (C=O) groups is 2. The summed E-state index contributed by atoms with van der Waals surface area (Å²) < 4.78 is 9.13. The summed E-state index contributed by atoms with van der Waals surface area (Å²) in [5.41, 5.74) is -1.71. The van der Waals surface area contributed by atoms with Crippen molar-refractivity contribution in [1.29, 1.82) is 0 Å². The van der Waals surface area contributed by atoms with Crippen LogP contribution in [0, 0.1) is 5.41 Å². The molecule has 0 aromatic carbocycles. The first-order chi connectivity index (χ1) is 7.50. The molecule has 0 rings (SSSR count). The number of aliphatic hydroxyl groups is 1. The highest BCUT2D eigenvalue weighted by molar-refractivity contribution is 6.01. The topological polar surface area (TPSA) is 72.8 Å². The van der Waals surface area contributed by atoms with Gasteiger partial charge in [0.05, 0.1) is 20.3 Å². The molecule has 0 saturated carbocycles. The van der Waals surface area contributed by atoms with Crippen molar-refractivity contribution in [2.75, 3.05) is 14.2 Å². The maximum atomic E-state index is 11.7. The number of ether oxygens (including phenoxy) is 2. The third-order valence-electron chi connectivity index (χ3n) is 2.47. The molecule has 1 unspecified atom stereocenters. The number of aliphatic hydroxyl groups excluding tert-OH is 1. The molecule has 0 amide bonds. The second kappa shape index (κ2) is 6.27. The van der Waals surface area contributed by atoms with Crippen molar-refractivity contribution in [2.24, 2.45) is 5.41 Å². The van der Waals surface area contributed by atoms with Crippen molar-refractivity contribution >= 4 is 11.9 Å². The first kappa shape index (κ1) is 14.6. The van der Waals surface area contributed by atoms with Gasteiger partial charge in [-0.25, -0.2) is 0 Å². The molecule has 16 heavy (non-hydrogen) atoms. The van der Waals surface area contributed by atoms with E-state index >= 15 is 0 Å². The molecule has 0 bridgehead atoms. The van der Waals surface area contributed by atoms with Crippen molar-refractivity contribution in [1.82, 2.24) is 0 Å². The Balaban J connectivity index is 5.46. The zero-order valence-corrected chi connectivity index (χ0v) is 9.86. The van der Waals surface area contributed by atoms with Crippen LogP contribution in [0.4, 0.5) is 0 Å². The number of esters is 2. The quantitative estimate of drug-likeness (QED) is 0.412. The zero-order chi connectivity index (χ0) is 12.8. The Kier molecular flexibility index (Phi) is 5.74. The summed E-state index contributed by atoms with van der Waals surface area (Å²) in [5, 5.41) is 9.78. The SMILES string of the molecule is C=CC(O)C(CCC)(C(=O)OC)C(=O)OC. The van der Waals surface area contributed by atoms with E-state index in [0.29, 0.717) is 6.42 Å². The van der Waals surface area contributed by atoms with Gasteiger partial charge in [-0.1, -0.05) is 19.4 Å². The molecule has 1 atom stereocenters. The first-order valence-electron chi connectivity index (χ1n) is 4.98. The number of methoxy groups -OCH3 is 2.